The average molecular weight is 326 g/mol. The molecule has 1 aliphatic heterocycles. The second kappa shape index (κ2) is 9.13. The number of aryl methyl sites for hydroxylation is 2. The monoisotopic (exact) mass is 325 g/mol. The Balaban J connectivity index is 0.00000242. The first kappa shape index (κ1) is 18.9. The number of amides is 1. The van der Waals surface area contributed by atoms with Crippen molar-refractivity contribution in [1.82, 2.24) is 10.2 Å². The highest BCUT2D eigenvalue weighted by Gasteiger charge is 2.21. The fourth-order valence-corrected chi connectivity index (χ4v) is 3.14. The van der Waals surface area contributed by atoms with E-state index >= 15 is 0 Å². The molecule has 1 aliphatic rings. The number of nitrogens with zero attached hydrogens (tertiary/aromatic N) is 1. The molecule has 22 heavy (non-hydrogen) atoms. The van der Waals surface area contributed by atoms with E-state index in [2.05, 4.69) is 15.5 Å². The van der Waals surface area contributed by atoms with E-state index in [4.69, 9.17) is 0 Å². The van der Waals surface area contributed by atoms with Crippen LogP contribution in [-0.2, 0) is 4.79 Å². The maximum atomic E-state index is 12.3. The molecule has 4 nitrogen and oxygen atoms in total. The number of anilines is 1. The smallest absolute Gasteiger partial charge is 0.238 e. The molecule has 0 saturated carbocycles. The Morgan fingerprint density at radius 3 is 2.64 bits per heavy atom. The molecule has 1 fully saturated rings. The highest BCUT2D eigenvalue weighted by atomic mass is 35.5. The van der Waals surface area contributed by atoms with E-state index in [1.807, 2.05) is 39.1 Å². The molecule has 1 unspecified atom stereocenters. The maximum absolute atomic E-state index is 12.3. The first-order valence-corrected chi connectivity index (χ1v) is 7.83. The van der Waals surface area contributed by atoms with E-state index in [1.54, 1.807) is 0 Å². The molecule has 1 saturated heterocycles. The first-order valence-electron chi connectivity index (χ1n) is 7.83. The average Bonchev–Trinajstić information content (AvgIpc) is 2.44. The van der Waals surface area contributed by atoms with Crippen LogP contribution < -0.4 is 10.6 Å². The topological polar surface area (TPSA) is 44.4 Å². The van der Waals surface area contributed by atoms with E-state index in [0.717, 1.165) is 36.4 Å². The molecular formula is C17H28ClN3O. The standard InChI is InChI=1S/C17H27N3O.ClH/c1-13-6-4-7-14(2)17(13)19-16(21)12-20-9-5-8-15(11-20)10-18-3;/h4,6-7,15,18H,5,8-12H2,1-3H3,(H,19,21);1H. The Labute approximate surface area is 140 Å². The van der Waals surface area contributed by atoms with Crippen molar-refractivity contribution >= 4 is 24.0 Å². The SMILES string of the molecule is CNCC1CCCN(CC(=O)Nc2c(C)cccc2C)C1.Cl. The summed E-state index contributed by atoms with van der Waals surface area (Å²) in [7, 11) is 1.99. The molecule has 0 bridgehead atoms. The third kappa shape index (κ3) is 5.27. The van der Waals surface area contributed by atoms with Crippen LogP contribution in [0.2, 0.25) is 0 Å². The second-order valence-corrected chi connectivity index (χ2v) is 6.12. The van der Waals surface area contributed by atoms with Crippen LogP contribution >= 0.6 is 12.4 Å². The number of carbonyl (C=O) groups is 1. The van der Waals surface area contributed by atoms with Crippen LogP contribution in [0.1, 0.15) is 24.0 Å². The zero-order valence-electron chi connectivity index (χ0n) is 13.8. The summed E-state index contributed by atoms with van der Waals surface area (Å²) in [6.45, 7) is 7.64. The first-order chi connectivity index (χ1) is 10.1. The number of likely N-dealkylation sites (tertiary alicyclic amines) is 1. The van der Waals surface area contributed by atoms with Gasteiger partial charge in [-0.1, -0.05) is 18.2 Å². The van der Waals surface area contributed by atoms with E-state index in [9.17, 15) is 4.79 Å². The van der Waals surface area contributed by atoms with Gasteiger partial charge in [0, 0.05) is 12.2 Å². The van der Waals surface area contributed by atoms with Crippen LogP contribution in [0.25, 0.3) is 0 Å². The lowest BCUT2D eigenvalue weighted by Crippen LogP contribution is -2.42. The Hall–Kier alpha value is -1.10. The predicted molar refractivity (Wildman–Crippen MR) is 94.9 cm³/mol. The number of halogens is 1. The number of carbonyl (C=O) groups excluding carboxylic acids is 1. The minimum Gasteiger partial charge on any atom is -0.324 e. The van der Waals surface area contributed by atoms with E-state index in [-0.39, 0.29) is 18.3 Å². The molecule has 124 valence electrons. The minimum atomic E-state index is 0. The van der Waals surface area contributed by atoms with Crippen molar-refractivity contribution in [2.75, 3.05) is 38.5 Å². The molecule has 0 radical (unpaired) electrons. The van der Waals surface area contributed by atoms with Crippen LogP contribution in [0.5, 0.6) is 0 Å². The summed E-state index contributed by atoms with van der Waals surface area (Å²) in [5, 5.41) is 6.32. The van der Waals surface area contributed by atoms with Gasteiger partial charge in [0.15, 0.2) is 0 Å². The van der Waals surface area contributed by atoms with Gasteiger partial charge < -0.3 is 10.6 Å². The van der Waals surface area contributed by atoms with Gasteiger partial charge in [-0.15, -0.1) is 12.4 Å². The molecule has 1 aromatic rings. The maximum Gasteiger partial charge on any atom is 0.238 e. The Kier molecular flexibility index (Phi) is 7.87. The van der Waals surface area contributed by atoms with Gasteiger partial charge in [0.1, 0.15) is 0 Å². The number of nitrogens with one attached hydrogen (secondary N) is 2. The van der Waals surface area contributed by atoms with Crippen LogP contribution in [0.3, 0.4) is 0 Å². The Bertz CT molecular complexity index is 471. The lowest BCUT2D eigenvalue weighted by molar-refractivity contribution is -0.117. The van der Waals surface area contributed by atoms with Crippen LogP contribution in [-0.4, -0.2) is 44.0 Å². The number of hydrogen-bond donors (Lipinski definition) is 2. The summed E-state index contributed by atoms with van der Waals surface area (Å²) in [6, 6.07) is 6.09. The molecule has 2 rings (SSSR count). The van der Waals surface area contributed by atoms with Gasteiger partial charge in [-0.2, -0.15) is 0 Å². The molecule has 1 atom stereocenters. The van der Waals surface area contributed by atoms with Gasteiger partial charge in [-0.3, -0.25) is 9.69 Å². The Morgan fingerprint density at radius 2 is 2.00 bits per heavy atom. The number of rotatable bonds is 5. The summed E-state index contributed by atoms with van der Waals surface area (Å²) in [4.78, 5) is 14.6. The number of hydrogen-bond acceptors (Lipinski definition) is 3. The van der Waals surface area contributed by atoms with Gasteiger partial charge in [0.25, 0.3) is 0 Å². The molecular weight excluding hydrogens is 298 g/mol. The third-order valence-electron chi connectivity index (χ3n) is 4.21. The normalized spacial score (nSPS) is 18.6. The summed E-state index contributed by atoms with van der Waals surface area (Å²) in [5.41, 5.74) is 3.20. The molecule has 0 aromatic heterocycles. The van der Waals surface area contributed by atoms with Gasteiger partial charge >= 0.3 is 0 Å². The van der Waals surface area contributed by atoms with Crippen molar-refractivity contribution in [3.8, 4) is 0 Å². The molecule has 2 N–H and O–H groups in total. The Morgan fingerprint density at radius 1 is 1.32 bits per heavy atom. The van der Waals surface area contributed by atoms with Gasteiger partial charge in [-0.25, -0.2) is 0 Å². The van der Waals surface area contributed by atoms with Crippen LogP contribution in [0, 0.1) is 19.8 Å². The molecule has 0 aliphatic carbocycles. The van der Waals surface area contributed by atoms with E-state index in [0.29, 0.717) is 12.5 Å². The second-order valence-electron chi connectivity index (χ2n) is 6.12. The lowest BCUT2D eigenvalue weighted by Gasteiger charge is -2.32. The fraction of sp³-hybridized carbons (Fsp3) is 0.588. The third-order valence-corrected chi connectivity index (χ3v) is 4.21. The number of benzene rings is 1. The van der Waals surface area contributed by atoms with Gasteiger partial charge in [-0.05, 0) is 63.9 Å². The number of piperidine rings is 1. The lowest BCUT2D eigenvalue weighted by atomic mass is 9.98. The molecule has 1 amide bonds. The quantitative estimate of drug-likeness (QED) is 0.874. The highest BCUT2D eigenvalue weighted by molar-refractivity contribution is 5.93. The minimum absolute atomic E-state index is 0. The van der Waals surface area contributed by atoms with E-state index in [1.165, 1.54) is 12.8 Å². The van der Waals surface area contributed by atoms with Crippen molar-refractivity contribution in [1.29, 1.82) is 0 Å². The van der Waals surface area contributed by atoms with Gasteiger partial charge in [0.05, 0.1) is 6.54 Å². The number of para-hydroxylation sites is 1. The fourth-order valence-electron chi connectivity index (χ4n) is 3.14. The zero-order chi connectivity index (χ0) is 15.2. The van der Waals surface area contributed by atoms with Crippen LogP contribution in [0.15, 0.2) is 18.2 Å². The predicted octanol–water partition coefficient (Wildman–Crippen LogP) is 2.60. The van der Waals surface area contributed by atoms with E-state index < -0.39 is 0 Å². The van der Waals surface area contributed by atoms with Crippen molar-refractivity contribution in [2.24, 2.45) is 5.92 Å². The molecule has 1 heterocycles. The van der Waals surface area contributed by atoms with Crippen molar-refractivity contribution in [2.45, 2.75) is 26.7 Å². The van der Waals surface area contributed by atoms with Crippen molar-refractivity contribution in [3.63, 3.8) is 0 Å². The van der Waals surface area contributed by atoms with Crippen LogP contribution in [0.4, 0.5) is 5.69 Å². The molecule has 5 heteroatoms. The summed E-state index contributed by atoms with van der Waals surface area (Å²) in [5.74, 6) is 0.759. The van der Waals surface area contributed by atoms with Gasteiger partial charge in [0.2, 0.25) is 5.91 Å². The van der Waals surface area contributed by atoms with Crippen molar-refractivity contribution in [3.05, 3.63) is 29.3 Å². The summed E-state index contributed by atoms with van der Waals surface area (Å²) >= 11 is 0. The largest absolute Gasteiger partial charge is 0.324 e. The summed E-state index contributed by atoms with van der Waals surface area (Å²) in [6.07, 6.45) is 2.44. The zero-order valence-corrected chi connectivity index (χ0v) is 14.6. The molecule has 1 aromatic carbocycles. The van der Waals surface area contributed by atoms with Crippen molar-refractivity contribution < 1.29 is 4.79 Å². The summed E-state index contributed by atoms with van der Waals surface area (Å²) < 4.78 is 0. The highest BCUT2D eigenvalue weighted by Crippen LogP contribution is 2.20. The molecule has 0 spiro atoms.